The van der Waals surface area contributed by atoms with E-state index >= 15 is 0 Å². The van der Waals surface area contributed by atoms with E-state index in [2.05, 4.69) is 47.7 Å². The van der Waals surface area contributed by atoms with Gasteiger partial charge in [-0.15, -0.1) is 11.3 Å². The van der Waals surface area contributed by atoms with Crippen molar-refractivity contribution in [1.82, 2.24) is 10.3 Å². The van der Waals surface area contributed by atoms with Gasteiger partial charge < -0.3 is 10.2 Å². The van der Waals surface area contributed by atoms with E-state index in [0.29, 0.717) is 4.75 Å². The molecule has 1 aromatic rings. The second-order valence-corrected chi connectivity index (χ2v) is 8.21. The predicted molar refractivity (Wildman–Crippen MR) is 82.9 cm³/mol. The minimum absolute atomic E-state index is 0.352. The molecule has 0 amide bonds. The Kier molecular flexibility index (Phi) is 4.92. The number of rotatable bonds is 5. The average Bonchev–Trinajstić information content (AvgIpc) is 2.77. The normalized spacial score (nSPS) is 19.2. The Labute approximate surface area is 118 Å². The molecule has 0 atom stereocenters. The maximum atomic E-state index is 4.58. The molecule has 0 unspecified atom stereocenters. The van der Waals surface area contributed by atoms with E-state index in [0.717, 1.165) is 26.2 Å². The molecule has 0 aliphatic carbocycles. The molecule has 0 radical (unpaired) electrons. The summed E-state index contributed by atoms with van der Waals surface area (Å²) in [5.41, 5.74) is 0. The zero-order chi connectivity index (χ0) is 13.0. The molecule has 1 aliphatic rings. The summed E-state index contributed by atoms with van der Waals surface area (Å²) in [6.45, 7) is 11.1. The Morgan fingerprint density at radius 2 is 2.33 bits per heavy atom. The van der Waals surface area contributed by atoms with Gasteiger partial charge in [0.1, 0.15) is 0 Å². The predicted octanol–water partition coefficient (Wildman–Crippen LogP) is 2.97. The first-order valence-corrected chi connectivity index (χ1v) is 8.45. The van der Waals surface area contributed by atoms with Crippen LogP contribution in [0.2, 0.25) is 0 Å². The van der Waals surface area contributed by atoms with Gasteiger partial charge in [-0.2, -0.15) is 11.8 Å². The summed E-state index contributed by atoms with van der Waals surface area (Å²) in [5.74, 6) is 1.20. The standard InChI is InChI=1S/C13H23N3S2/c1-4-5-14-8-11-9-15-12(18-11)16-6-7-17-13(2,3)10-16/h9,14H,4-8,10H2,1-3H3. The molecular formula is C13H23N3S2. The summed E-state index contributed by atoms with van der Waals surface area (Å²) < 4.78 is 0.352. The van der Waals surface area contributed by atoms with E-state index < -0.39 is 0 Å². The third-order valence-electron chi connectivity index (χ3n) is 2.96. The van der Waals surface area contributed by atoms with E-state index in [1.54, 1.807) is 0 Å². The van der Waals surface area contributed by atoms with Crippen LogP contribution in [0.3, 0.4) is 0 Å². The van der Waals surface area contributed by atoms with Crippen molar-refractivity contribution < 1.29 is 0 Å². The largest absolute Gasteiger partial charge is 0.346 e. The second kappa shape index (κ2) is 6.26. The molecule has 1 fully saturated rings. The maximum Gasteiger partial charge on any atom is 0.185 e. The molecule has 5 heteroatoms. The Morgan fingerprint density at radius 1 is 1.50 bits per heavy atom. The Morgan fingerprint density at radius 3 is 3.06 bits per heavy atom. The summed E-state index contributed by atoms with van der Waals surface area (Å²) in [7, 11) is 0. The lowest BCUT2D eigenvalue weighted by atomic mass is 10.2. The number of thiazole rings is 1. The van der Waals surface area contributed by atoms with Crippen molar-refractivity contribution in [3.05, 3.63) is 11.1 Å². The minimum atomic E-state index is 0.352. The topological polar surface area (TPSA) is 28.2 Å². The smallest absolute Gasteiger partial charge is 0.185 e. The summed E-state index contributed by atoms with van der Waals surface area (Å²) in [6.07, 6.45) is 3.21. The number of hydrogen-bond acceptors (Lipinski definition) is 5. The highest BCUT2D eigenvalue weighted by atomic mass is 32.2. The van der Waals surface area contributed by atoms with Crippen LogP contribution in [0.4, 0.5) is 5.13 Å². The van der Waals surface area contributed by atoms with Crippen LogP contribution < -0.4 is 10.2 Å². The van der Waals surface area contributed by atoms with Crippen LogP contribution in [-0.2, 0) is 6.54 Å². The average molecular weight is 285 g/mol. The first-order chi connectivity index (χ1) is 8.61. The van der Waals surface area contributed by atoms with Crippen molar-refractivity contribution in [1.29, 1.82) is 0 Å². The van der Waals surface area contributed by atoms with Crippen LogP contribution in [0.15, 0.2) is 6.20 Å². The van der Waals surface area contributed by atoms with Crippen molar-refractivity contribution >= 4 is 28.2 Å². The minimum Gasteiger partial charge on any atom is -0.346 e. The molecule has 1 saturated heterocycles. The van der Waals surface area contributed by atoms with Gasteiger partial charge in [-0.25, -0.2) is 4.98 Å². The van der Waals surface area contributed by atoms with Crippen LogP contribution in [-0.4, -0.2) is 35.1 Å². The van der Waals surface area contributed by atoms with Gasteiger partial charge in [0.2, 0.25) is 0 Å². The quantitative estimate of drug-likeness (QED) is 0.842. The third-order valence-corrected chi connectivity index (χ3v) is 5.32. The van der Waals surface area contributed by atoms with E-state index in [-0.39, 0.29) is 0 Å². The molecule has 1 aliphatic heterocycles. The zero-order valence-corrected chi connectivity index (χ0v) is 13.2. The monoisotopic (exact) mass is 285 g/mol. The summed E-state index contributed by atoms with van der Waals surface area (Å²) >= 11 is 3.90. The molecule has 18 heavy (non-hydrogen) atoms. The molecule has 2 rings (SSSR count). The van der Waals surface area contributed by atoms with Crippen LogP contribution in [0.25, 0.3) is 0 Å². The fourth-order valence-corrected chi connectivity index (χ4v) is 4.11. The zero-order valence-electron chi connectivity index (χ0n) is 11.5. The van der Waals surface area contributed by atoms with Gasteiger partial charge in [0.25, 0.3) is 0 Å². The van der Waals surface area contributed by atoms with Crippen molar-refractivity contribution in [2.24, 2.45) is 0 Å². The SMILES string of the molecule is CCCNCc1cnc(N2CCSC(C)(C)C2)s1. The first kappa shape index (κ1) is 14.2. The lowest BCUT2D eigenvalue weighted by Gasteiger charge is -2.37. The number of thioether (sulfide) groups is 1. The van der Waals surface area contributed by atoms with Gasteiger partial charge in [0, 0.05) is 41.2 Å². The van der Waals surface area contributed by atoms with E-state index in [1.807, 2.05) is 17.5 Å². The van der Waals surface area contributed by atoms with E-state index in [1.165, 1.54) is 22.2 Å². The molecule has 0 spiro atoms. The Hall–Kier alpha value is -0.260. The first-order valence-electron chi connectivity index (χ1n) is 6.65. The summed E-state index contributed by atoms with van der Waals surface area (Å²) in [5, 5.41) is 4.62. The fraction of sp³-hybridized carbons (Fsp3) is 0.769. The number of nitrogens with one attached hydrogen (secondary N) is 1. The number of anilines is 1. The molecule has 2 heterocycles. The highest BCUT2D eigenvalue weighted by Crippen LogP contribution is 2.33. The molecule has 0 saturated carbocycles. The highest BCUT2D eigenvalue weighted by Gasteiger charge is 2.28. The second-order valence-electron chi connectivity index (χ2n) is 5.32. The van der Waals surface area contributed by atoms with Crippen molar-refractivity contribution in [2.45, 2.75) is 38.5 Å². The van der Waals surface area contributed by atoms with Crippen LogP contribution in [0.1, 0.15) is 32.1 Å². The lowest BCUT2D eigenvalue weighted by molar-refractivity contribution is 0.646. The van der Waals surface area contributed by atoms with Gasteiger partial charge in [-0.1, -0.05) is 6.92 Å². The molecule has 1 N–H and O–H groups in total. The van der Waals surface area contributed by atoms with Crippen molar-refractivity contribution in [3.8, 4) is 0 Å². The third kappa shape index (κ3) is 3.87. The van der Waals surface area contributed by atoms with Gasteiger partial charge in [-0.05, 0) is 26.8 Å². The van der Waals surface area contributed by atoms with Gasteiger partial charge in [0.05, 0.1) is 0 Å². The van der Waals surface area contributed by atoms with E-state index in [9.17, 15) is 0 Å². The molecule has 1 aromatic heterocycles. The summed E-state index contributed by atoms with van der Waals surface area (Å²) in [4.78, 5) is 8.36. The number of aromatic nitrogens is 1. The molecule has 102 valence electrons. The van der Waals surface area contributed by atoms with Crippen LogP contribution >= 0.6 is 23.1 Å². The lowest BCUT2D eigenvalue weighted by Crippen LogP contribution is -2.43. The number of nitrogens with zero attached hydrogens (tertiary/aromatic N) is 2. The molecular weight excluding hydrogens is 262 g/mol. The number of hydrogen-bond donors (Lipinski definition) is 1. The Bertz CT molecular complexity index is 376. The maximum absolute atomic E-state index is 4.58. The van der Waals surface area contributed by atoms with Gasteiger partial charge >= 0.3 is 0 Å². The van der Waals surface area contributed by atoms with Crippen molar-refractivity contribution in [3.63, 3.8) is 0 Å². The molecule has 0 bridgehead atoms. The van der Waals surface area contributed by atoms with Crippen LogP contribution in [0.5, 0.6) is 0 Å². The molecule has 3 nitrogen and oxygen atoms in total. The van der Waals surface area contributed by atoms with Gasteiger partial charge in [0.15, 0.2) is 5.13 Å². The Balaban J connectivity index is 1.92. The van der Waals surface area contributed by atoms with E-state index in [4.69, 9.17) is 0 Å². The van der Waals surface area contributed by atoms with Crippen LogP contribution in [0, 0.1) is 0 Å². The molecule has 0 aromatic carbocycles. The highest BCUT2D eigenvalue weighted by molar-refractivity contribution is 8.00. The van der Waals surface area contributed by atoms with Crippen molar-refractivity contribution in [2.75, 3.05) is 30.3 Å². The summed E-state index contributed by atoms with van der Waals surface area (Å²) in [6, 6.07) is 0. The fourth-order valence-electron chi connectivity index (χ4n) is 2.09. The van der Waals surface area contributed by atoms with Gasteiger partial charge in [-0.3, -0.25) is 0 Å².